The Hall–Kier alpha value is -4.27. The van der Waals surface area contributed by atoms with Crippen molar-refractivity contribution in [2.45, 2.75) is 20.3 Å². The quantitative estimate of drug-likeness (QED) is 0.506. The van der Waals surface area contributed by atoms with E-state index in [4.69, 9.17) is 9.47 Å². The number of carbonyl (C=O) groups excluding carboxylic acids is 2. The Balaban J connectivity index is 1.34. The number of pyridine rings is 1. The number of nitrogens with zero attached hydrogens (tertiary/aromatic N) is 3. The van der Waals surface area contributed by atoms with E-state index in [-0.39, 0.29) is 11.9 Å². The number of ether oxygens (including phenoxy) is 2. The number of anilines is 3. The van der Waals surface area contributed by atoms with E-state index < -0.39 is 0 Å². The minimum atomic E-state index is -0.319. The van der Waals surface area contributed by atoms with Gasteiger partial charge in [0.25, 0.3) is 5.91 Å². The van der Waals surface area contributed by atoms with Crippen LogP contribution in [-0.4, -0.2) is 62.2 Å². The average Bonchev–Trinajstić information content (AvgIpc) is 3.16. The van der Waals surface area contributed by atoms with Gasteiger partial charge in [-0.3, -0.25) is 4.79 Å². The molecular weight excluding hydrogens is 470 g/mol. The minimum Gasteiger partial charge on any atom is -0.493 e. The van der Waals surface area contributed by atoms with E-state index in [0.29, 0.717) is 42.4 Å². The summed E-state index contributed by atoms with van der Waals surface area (Å²) < 4.78 is 10.6. The molecule has 0 saturated carbocycles. The highest BCUT2D eigenvalue weighted by Gasteiger charge is 2.22. The maximum atomic E-state index is 13.1. The molecular formula is C28H33N5O4. The fraction of sp³-hybridized carbons (Fsp3) is 0.321. The van der Waals surface area contributed by atoms with Crippen LogP contribution < -0.4 is 25.0 Å². The molecule has 0 aliphatic carbocycles. The number of nitrogens with one attached hydrogen (secondary N) is 2. The number of amides is 3. The van der Waals surface area contributed by atoms with Crippen molar-refractivity contribution in [3.63, 3.8) is 0 Å². The Morgan fingerprint density at radius 2 is 1.68 bits per heavy atom. The molecule has 3 aromatic rings. The van der Waals surface area contributed by atoms with Crippen molar-refractivity contribution in [2.75, 3.05) is 55.9 Å². The predicted octanol–water partition coefficient (Wildman–Crippen LogP) is 4.71. The van der Waals surface area contributed by atoms with E-state index in [1.165, 1.54) is 0 Å². The van der Waals surface area contributed by atoms with Gasteiger partial charge in [0.15, 0.2) is 11.5 Å². The number of methoxy groups -OCH3 is 2. The lowest BCUT2D eigenvalue weighted by Gasteiger charge is -2.23. The van der Waals surface area contributed by atoms with E-state index in [1.807, 2.05) is 49.1 Å². The van der Waals surface area contributed by atoms with E-state index >= 15 is 0 Å². The summed E-state index contributed by atoms with van der Waals surface area (Å²) in [5.41, 5.74) is 4.09. The van der Waals surface area contributed by atoms with Gasteiger partial charge in [-0.15, -0.1) is 0 Å². The van der Waals surface area contributed by atoms with Gasteiger partial charge >= 0.3 is 6.03 Å². The van der Waals surface area contributed by atoms with E-state index in [0.717, 1.165) is 35.6 Å². The smallest absolute Gasteiger partial charge is 0.323 e. The monoisotopic (exact) mass is 503 g/mol. The SMILES string of the molecule is COc1ccc(C(=O)N2CCCN(c3ccc(NC(=O)Nc4ccc(C)cc4C)cn3)CC2)cc1OC. The summed E-state index contributed by atoms with van der Waals surface area (Å²) in [7, 11) is 3.13. The van der Waals surface area contributed by atoms with Gasteiger partial charge in [0.05, 0.1) is 26.1 Å². The molecule has 1 aliphatic heterocycles. The number of urea groups is 1. The van der Waals surface area contributed by atoms with E-state index in [9.17, 15) is 9.59 Å². The van der Waals surface area contributed by atoms with Crippen molar-refractivity contribution in [1.29, 1.82) is 0 Å². The molecule has 1 fully saturated rings. The standard InChI is InChI=1S/C28H33N5O4/c1-19-6-9-23(20(2)16-19)31-28(35)30-22-8-11-26(29-18-22)32-12-5-13-33(15-14-32)27(34)21-7-10-24(36-3)25(17-21)37-4/h6-11,16-18H,5,12-15H2,1-4H3,(H2,30,31,35). The lowest BCUT2D eigenvalue weighted by atomic mass is 10.1. The van der Waals surface area contributed by atoms with Crippen LogP contribution in [0.4, 0.5) is 22.0 Å². The molecule has 2 heterocycles. The summed E-state index contributed by atoms with van der Waals surface area (Å²) in [6.07, 6.45) is 2.47. The Morgan fingerprint density at radius 1 is 0.865 bits per heavy atom. The summed E-state index contributed by atoms with van der Waals surface area (Å²) in [6, 6.07) is 14.5. The van der Waals surface area contributed by atoms with Crippen LogP contribution in [0.25, 0.3) is 0 Å². The second-order valence-corrected chi connectivity index (χ2v) is 9.01. The first kappa shape index (κ1) is 25.8. The zero-order chi connectivity index (χ0) is 26.4. The van der Waals surface area contributed by atoms with Gasteiger partial charge in [0, 0.05) is 37.4 Å². The van der Waals surface area contributed by atoms with Crippen LogP contribution in [0.5, 0.6) is 11.5 Å². The number of aryl methyl sites for hydroxylation is 2. The number of aromatic nitrogens is 1. The van der Waals surface area contributed by atoms with Crippen LogP contribution in [0.2, 0.25) is 0 Å². The molecule has 1 aliphatic rings. The number of benzene rings is 2. The molecule has 194 valence electrons. The second kappa shape index (κ2) is 11.6. The molecule has 3 amide bonds. The van der Waals surface area contributed by atoms with Crippen LogP contribution in [0.15, 0.2) is 54.7 Å². The van der Waals surface area contributed by atoms with Gasteiger partial charge in [-0.1, -0.05) is 17.7 Å². The average molecular weight is 504 g/mol. The van der Waals surface area contributed by atoms with Crippen molar-refractivity contribution >= 4 is 29.1 Å². The van der Waals surface area contributed by atoms with Crippen molar-refractivity contribution in [3.8, 4) is 11.5 Å². The van der Waals surface area contributed by atoms with Gasteiger partial charge in [-0.05, 0) is 62.2 Å². The largest absolute Gasteiger partial charge is 0.493 e. The first-order chi connectivity index (χ1) is 17.9. The van der Waals surface area contributed by atoms with Gasteiger partial charge in [0.1, 0.15) is 5.82 Å². The Labute approximate surface area is 217 Å². The minimum absolute atomic E-state index is 0.0369. The van der Waals surface area contributed by atoms with Crippen molar-refractivity contribution in [3.05, 3.63) is 71.4 Å². The predicted molar refractivity (Wildman–Crippen MR) is 145 cm³/mol. The van der Waals surface area contributed by atoms with Crippen LogP contribution in [0, 0.1) is 13.8 Å². The molecule has 0 atom stereocenters. The number of hydrogen-bond acceptors (Lipinski definition) is 6. The summed E-state index contributed by atoms with van der Waals surface area (Å²) in [6.45, 7) is 6.65. The first-order valence-corrected chi connectivity index (χ1v) is 12.3. The topological polar surface area (TPSA) is 96.0 Å². The van der Waals surface area contributed by atoms with Crippen molar-refractivity contribution in [1.82, 2.24) is 9.88 Å². The molecule has 9 heteroatoms. The van der Waals surface area contributed by atoms with Crippen LogP contribution in [0.3, 0.4) is 0 Å². The third-order valence-corrected chi connectivity index (χ3v) is 6.37. The third kappa shape index (κ3) is 6.30. The molecule has 0 bridgehead atoms. The highest BCUT2D eigenvalue weighted by molar-refractivity contribution is 6.00. The molecule has 37 heavy (non-hydrogen) atoms. The Bertz CT molecular complexity index is 1260. The van der Waals surface area contributed by atoms with Crippen molar-refractivity contribution in [2.24, 2.45) is 0 Å². The zero-order valence-corrected chi connectivity index (χ0v) is 21.7. The summed E-state index contributed by atoms with van der Waals surface area (Å²) >= 11 is 0. The Morgan fingerprint density at radius 3 is 2.38 bits per heavy atom. The summed E-state index contributed by atoms with van der Waals surface area (Å²) in [5, 5.41) is 5.70. The Kier molecular flexibility index (Phi) is 8.12. The highest BCUT2D eigenvalue weighted by Crippen LogP contribution is 2.28. The maximum Gasteiger partial charge on any atom is 0.323 e. The molecule has 2 N–H and O–H groups in total. The summed E-state index contributed by atoms with van der Waals surface area (Å²) in [5.74, 6) is 1.89. The number of hydrogen-bond donors (Lipinski definition) is 2. The lowest BCUT2D eigenvalue weighted by Crippen LogP contribution is -2.35. The van der Waals surface area contributed by atoms with Gasteiger partial charge in [-0.25, -0.2) is 9.78 Å². The van der Waals surface area contributed by atoms with E-state index in [2.05, 4.69) is 20.5 Å². The number of carbonyl (C=O) groups is 2. The van der Waals surface area contributed by atoms with Crippen molar-refractivity contribution < 1.29 is 19.1 Å². The zero-order valence-electron chi connectivity index (χ0n) is 21.7. The number of rotatable bonds is 6. The van der Waals surface area contributed by atoms with Crippen LogP contribution in [0.1, 0.15) is 27.9 Å². The fourth-order valence-electron chi connectivity index (χ4n) is 4.39. The molecule has 0 spiro atoms. The maximum absolute atomic E-state index is 13.1. The van der Waals surface area contributed by atoms with Gasteiger partial charge in [-0.2, -0.15) is 0 Å². The molecule has 9 nitrogen and oxygen atoms in total. The van der Waals surface area contributed by atoms with Crippen LogP contribution in [-0.2, 0) is 0 Å². The fourth-order valence-corrected chi connectivity index (χ4v) is 4.39. The van der Waals surface area contributed by atoms with Crippen LogP contribution >= 0.6 is 0 Å². The van der Waals surface area contributed by atoms with Gasteiger partial charge in [0.2, 0.25) is 0 Å². The first-order valence-electron chi connectivity index (χ1n) is 12.3. The molecule has 2 aromatic carbocycles. The molecule has 0 radical (unpaired) electrons. The second-order valence-electron chi connectivity index (χ2n) is 9.01. The molecule has 4 rings (SSSR count). The molecule has 0 unspecified atom stereocenters. The lowest BCUT2D eigenvalue weighted by molar-refractivity contribution is 0.0766. The van der Waals surface area contributed by atoms with Gasteiger partial charge < -0.3 is 29.9 Å². The molecule has 1 aromatic heterocycles. The molecule has 1 saturated heterocycles. The van der Waals surface area contributed by atoms with E-state index in [1.54, 1.807) is 38.6 Å². The third-order valence-electron chi connectivity index (χ3n) is 6.37. The normalized spacial score (nSPS) is 13.5. The highest BCUT2D eigenvalue weighted by atomic mass is 16.5. The summed E-state index contributed by atoms with van der Waals surface area (Å²) in [4.78, 5) is 34.1.